The molecule has 4 aromatic rings. The Balaban J connectivity index is 1.40. The molecule has 1 atom stereocenters. The molecule has 0 bridgehead atoms. The van der Waals surface area contributed by atoms with Crippen molar-refractivity contribution in [1.29, 1.82) is 0 Å². The highest BCUT2D eigenvalue weighted by Gasteiger charge is 2.30. The number of thioether (sulfide) groups is 1. The lowest BCUT2D eigenvalue weighted by molar-refractivity contribution is 0.374. The van der Waals surface area contributed by atoms with Crippen molar-refractivity contribution in [3.63, 3.8) is 0 Å². The standard InChI is InChI=1S/C22H22N4OS/c1-15(21-24-20(25-27-21)17-11-12-17)28-22-23-18-9-5-6-10-19(18)26(22)14-13-16-7-3-2-4-8-16/h2-10,15,17H,11-14H2,1H3. The van der Waals surface area contributed by atoms with E-state index in [0.29, 0.717) is 11.8 Å². The lowest BCUT2D eigenvalue weighted by atomic mass is 10.1. The molecular weight excluding hydrogens is 368 g/mol. The average Bonchev–Trinajstić information content (AvgIpc) is 3.35. The van der Waals surface area contributed by atoms with Gasteiger partial charge in [-0.2, -0.15) is 4.98 Å². The maximum absolute atomic E-state index is 5.52. The van der Waals surface area contributed by atoms with Crippen molar-refractivity contribution in [2.45, 2.75) is 49.1 Å². The number of aromatic nitrogens is 4. The van der Waals surface area contributed by atoms with E-state index in [0.717, 1.165) is 35.0 Å². The van der Waals surface area contributed by atoms with Crippen molar-refractivity contribution in [2.24, 2.45) is 0 Å². The fraction of sp³-hybridized carbons (Fsp3) is 0.318. The van der Waals surface area contributed by atoms with Crippen LogP contribution in [-0.4, -0.2) is 19.7 Å². The summed E-state index contributed by atoms with van der Waals surface area (Å²) in [6, 6.07) is 18.9. The first-order chi connectivity index (χ1) is 13.8. The number of fused-ring (bicyclic) bond motifs is 1. The van der Waals surface area contributed by atoms with Gasteiger partial charge >= 0.3 is 0 Å². The Hall–Kier alpha value is -2.60. The molecule has 2 aromatic heterocycles. The van der Waals surface area contributed by atoms with E-state index in [9.17, 15) is 0 Å². The summed E-state index contributed by atoms with van der Waals surface area (Å²) in [7, 11) is 0. The maximum Gasteiger partial charge on any atom is 0.239 e. The molecular formula is C22H22N4OS. The summed E-state index contributed by atoms with van der Waals surface area (Å²) >= 11 is 1.69. The Kier molecular flexibility index (Phi) is 4.64. The van der Waals surface area contributed by atoms with Crippen molar-refractivity contribution in [3.05, 3.63) is 71.9 Å². The number of hydrogen-bond donors (Lipinski definition) is 0. The van der Waals surface area contributed by atoms with Crippen molar-refractivity contribution < 1.29 is 4.52 Å². The van der Waals surface area contributed by atoms with Gasteiger partial charge in [-0.25, -0.2) is 4.98 Å². The number of aryl methyl sites for hydroxylation is 2. The minimum absolute atomic E-state index is 0.0623. The summed E-state index contributed by atoms with van der Waals surface area (Å²) in [5, 5.41) is 5.21. The predicted octanol–water partition coefficient (Wildman–Crippen LogP) is 5.39. The van der Waals surface area contributed by atoms with Gasteiger partial charge in [0.05, 0.1) is 16.3 Å². The Morgan fingerprint density at radius 3 is 2.68 bits per heavy atom. The van der Waals surface area contributed by atoms with Gasteiger partial charge in [0.15, 0.2) is 11.0 Å². The fourth-order valence-corrected chi connectivity index (χ4v) is 4.35. The number of nitrogens with zero attached hydrogens (tertiary/aromatic N) is 4. The van der Waals surface area contributed by atoms with Gasteiger partial charge in [-0.15, -0.1) is 0 Å². The molecule has 1 saturated carbocycles. The van der Waals surface area contributed by atoms with Crippen LogP contribution in [-0.2, 0) is 13.0 Å². The monoisotopic (exact) mass is 390 g/mol. The van der Waals surface area contributed by atoms with Crippen LogP contribution in [0.15, 0.2) is 64.3 Å². The summed E-state index contributed by atoms with van der Waals surface area (Å²) in [6.07, 6.45) is 3.32. The van der Waals surface area contributed by atoms with Gasteiger partial charge in [0, 0.05) is 12.5 Å². The summed E-state index contributed by atoms with van der Waals surface area (Å²) in [5.41, 5.74) is 3.52. The highest BCUT2D eigenvalue weighted by Crippen LogP contribution is 2.40. The average molecular weight is 391 g/mol. The second-order valence-electron chi connectivity index (χ2n) is 7.30. The van der Waals surface area contributed by atoms with E-state index < -0.39 is 0 Å². The number of rotatable bonds is 7. The number of imidazole rings is 1. The molecule has 1 unspecified atom stereocenters. The zero-order valence-corrected chi connectivity index (χ0v) is 16.6. The molecule has 0 saturated heterocycles. The van der Waals surface area contributed by atoms with Crippen molar-refractivity contribution in [3.8, 4) is 0 Å². The minimum atomic E-state index is 0.0623. The van der Waals surface area contributed by atoms with E-state index in [1.54, 1.807) is 11.8 Å². The molecule has 5 nitrogen and oxygen atoms in total. The molecule has 0 N–H and O–H groups in total. The van der Waals surface area contributed by atoms with Crippen LogP contribution in [0.1, 0.15) is 48.2 Å². The zero-order valence-electron chi connectivity index (χ0n) is 15.8. The lowest BCUT2D eigenvalue weighted by Gasteiger charge is -2.11. The van der Waals surface area contributed by atoms with E-state index in [-0.39, 0.29) is 5.25 Å². The van der Waals surface area contributed by atoms with E-state index >= 15 is 0 Å². The van der Waals surface area contributed by atoms with E-state index in [4.69, 9.17) is 9.51 Å². The quantitative estimate of drug-likeness (QED) is 0.396. The van der Waals surface area contributed by atoms with Crippen LogP contribution >= 0.6 is 11.8 Å². The molecule has 0 aliphatic heterocycles. The van der Waals surface area contributed by atoms with E-state index in [2.05, 4.69) is 70.2 Å². The van der Waals surface area contributed by atoms with Gasteiger partial charge in [0.25, 0.3) is 0 Å². The first-order valence-corrected chi connectivity index (χ1v) is 10.7. The lowest BCUT2D eigenvalue weighted by Crippen LogP contribution is -2.04. The second-order valence-corrected chi connectivity index (χ2v) is 8.60. The first kappa shape index (κ1) is 17.5. The normalized spacial score (nSPS) is 15.2. The Morgan fingerprint density at radius 1 is 1.07 bits per heavy atom. The van der Waals surface area contributed by atoms with Crippen molar-refractivity contribution >= 4 is 22.8 Å². The van der Waals surface area contributed by atoms with Crippen LogP contribution in [0, 0.1) is 0 Å². The van der Waals surface area contributed by atoms with Crippen LogP contribution in [0.2, 0.25) is 0 Å². The molecule has 1 aliphatic rings. The van der Waals surface area contributed by atoms with Gasteiger partial charge in [-0.1, -0.05) is 59.4 Å². The van der Waals surface area contributed by atoms with Gasteiger partial charge in [0.1, 0.15) is 0 Å². The fourth-order valence-electron chi connectivity index (χ4n) is 3.37. The SMILES string of the molecule is CC(Sc1nc2ccccc2n1CCc1ccccc1)c1nc(C2CC2)no1. The van der Waals surface area contributed by atoms with Gasteiger partial charge in [-0.3, -0.25) is 0 Å². The number of hydrogen-bond acceptors (Lipinski definition) is 5. The third kappa shape index (κ3) is 3.56. The summed E-state index contributed by atoms with van der Waals surface area (Å²) in [6.45, 7) is 2.99. The predicted molar refractivity (Wildman–Crippen MR) is 110 cm³/mol. The molecule has 0 amide bonds. The van der Waals surface area contributed by atoms with Gasteiger partial charge in [-0.05, 0) is 43.9 Å². The molecule has 142 valence electrons. The van der Waals surface area contributed by atoms with Crippen LogP contribution in [0.25, 0.3) is 11.0 Å². The van der Waals surface area contributed by atoms with E-state index in [1.165, 1.54) is 18.4 Å². The molecule has 28 heavy (non-hydrogen) atoms. The van der Waals surface area contributed by atoms with Crippen LogP contribution in [0.3, 0.4) is 0 Å². The highest BCUT2D eigenvalue weighted by atomic mass is 32.2. The summed E-state index contributed by atoms with van der Waals surface area (Å²) in [5.74, 6) is 2.05. The van der Waals surface area contributed by atoms with Gasteiger partial charge < -0.3 is 9.09 Å². The molecule has 0 spiro atoms. The molecule has 2 heterocycles. The smallest absolute Gasteiger partial charge is 0.239 e. The summed E-state index contributed by atoms with van der Waals surface area (Å²) < 4.78 is 7.83. The largest absolute Gasteiger partial charge is 0.338 e. The molecule has 2 aromatic carbocycles. The minimum Gasteiger partial charge on any atom is -0.338 e. The number of para-hydroxylation sites is 2. The maximum atomic E-state index is 5.52. The highest BCUT2D eigenvalue weighted by molar-refractivity contribution is 7.99. The Labute approximate surface area is 168 Å². The molecule has 1 aliphatic carbocycles. The van der Waals surface area contributed by atoms with Gasteiger partial charge in [0.2, 0.25) is 5.89 Å². The number of benzene rings is 2. The zero-order chi connectivity index (χ0) is 18.9. The molecule has 5 rings (SSSR count). The third-order valence-corrected chi connectivity index (χ3v) is 6.19. The van der Waals surface area contributed by atoms with Crippen LogP contribution < -0.4 is 0 Å². The Morgan fingerprint density at radius 2 is 1.86 bits per heavy atom. The second kappa shape index (κ2) is 7.43. The molecule has 6 heteroatoms. The first-order valence-electron chi connectivity index (χ1n) is 9.77. The van der Waals surface area contributed by atoms with Crippen molar-refractivity contribution in [1.82, 2.24) is 19.7 Å². The third-order valence-electron chi connectivity index (χ3n) is 5.12. The van der Waals surface area contributed by atoms with Crippen LogP contribution in [0.5, 0.6) is 0 Å². The topological polar surface area (TPSA) is 56.7 Å². The molecule has 0 radical (unpaired) electrons. The Bertz CT molecular complexity index is 1080. The molecule has 1 fully saturated rings. The van der Waals surface area contributed by atoms with Crippen LogP contribution in [0.4, 0.5) is 0 Å². The van der Waals surface area contributed by atoms with Crippen molar-refractivity contribution in [2.75, 3.05) is 0 Å². The van der Waals surface area contributed by atoms with E-state index in [1.807, 2.05) is 6.07 Å². The summed E-state index contributed by atoms with van der Waals surface area (Å²) in [4.78, 5) is 9.49.